The van der Waals surface area contributed by atoms with Gasteiger partial charge in [0.25, 0.3) is 0 Å². The molecule has 12 nitrogen and oxygen atoms in total. The maximum atomic E-state index is 13.6. The first-order valence-corrected chi connectivity index (χ1v) is 14.3. The summed E-state index contributed by atoms with van der Waals surface area (Å²) >= 11 is 6.47. The minimum Gasteiger partial charge on any atom is -0.488 e. The van der Waals surface area contributed by atoms with Crippen molar-refractivity contribution in [1.82, 2.24) is 0 Å². The molecule has 0 aromatic heterocycles. The van der Waals surface area contributed by atoms with Crippen molar-refractivity contribution in [3.8, 4) is 5.75 Å². The fraction of sp³-hybridized carbons (Fsp3) is 0.452. The van der Waals surface area contributed by atoms with Crippen molar-refractivity contribution in [3.05, 3.63) is 64.2 Å². The van der Waals surface area contributed by atoms with Crippen molar-refractivity contribution >= 4 is 41.3 Å². The van der Waals surface area contributed by atoms with E-state index < -0.39 is 60.2 Å². The molecule has 0 radical (unpaired) electrons. The molecule has 13 heteroatoms. The van der Waals surface area contributed by atoms with Crippen LogP contribution in [0.4, 0.5) is 0 Å². The molecule has 4 rings (SSSR count). The quantitative estimate of drug-likeness (QED) is 0.214. The van der Waals surface area contributed by atoms with Gasteiger partial charge < -0.3 is 33.2 Å². The third-order valence-electron chi connectivity index (χ3n) is 6.86. The molecule has 236 valence electrons. The van der Waals surface area contributed by atoms with Crippen molar-refractivity contribution < 1.29 is 57.1 Å². The standard InChI is InChI=1S/C31H33ClO12/c1-16(33)39-15-26-29(40-17(2)34)31(42-19(4)36)30(41-18(3)35)28(44-26)21-7-10-25(32)24(13-21)27(37)20-5-8-22(9-6-20)43-23-11-12-38-14-23/h5-10,13,23,26,28-31H,11-12,14-15H2,1-4H3/t23-,26+,28-,29+,30-,31-/m0/s1. The molecule has 0 saturated carbocycles. The molecule has 0 N–H and O–H groups in total. The Bertz CT molecular complexity index is 1380. The maximum Gasteiger partial charge on any atom is 0.303 e. The maximum absolute atomic E-state index is 13.6. The van der Waals surface area contributed by atoms with Crippen molar-refractivity contribution in [2.24, 2.45) is 0 Å². The van der Waals surface area contributed by atoms with E-state index in [2.05, 4.69) is 0 Å². The van der Waals surface area contributed by atoms with E-state index in [-0.39, 0.29) is 23.3 Å². The summed E-state index contributed by atoms with van der Waals surface area (Å²) < 4.78 is 39.1. The molecule has 2 fully saturated rings. The van der Waals surface area contributed by atoms with E-state index in [1.807, 2.05) is 0 Å². The average molecular weight is 633 g/mol. The summed E-state index contributed by atoms with van der Waals surface area (Å²) in [5, 5.41) is 0.146. The first kappa shape index (κ1) is 32.9. The van der Waals surface area contributed by atoms with Crippen LogP contribution in [0, 0.1) is 0 Å². The van der Waals surface area contributed by atoms with Crippen molar-refractivity contribution in [2.75, 3.05) is 19.8 Å². The van der Waals surface area contributed by atoms with Gasteiger partial charge in [0.05, 0.1) is 18.2 Å². The Kier molecular flexibility index (Phi) is 11.0. The molecule has 0 aliphatic carbocycles. The number of carbonyl (C=O) groups excluding carboxylic acids is 5. The van der Waals surface area contributed by atoms with Crippen LogP contribution in [0.25, 0.3) is 0 Å². The largest absolute Gasteiger partial charge is 0.488 e. The number of hydrogen-bond acceptors (Lipinski definition) is 12. The monoisotopic (exact) mass is 632 g/mol. The zero-order valence-electron chi connectivity index (χ0n) is 24.6. The molecule has 0 amide bonds. The SMILES string of the molecule is CC(=O)OC[C@H]1O[C@@H](c2ccc(Cl)c(C(=O)c3ccc(O[C@H]4CCOC4)cc3)c2)[C@H](OC(C)=O)[C@@H](OC(C)=O)[C@@H]1OC(C)=O. The predicted molar refractivity (Wildman–Crippen MR) is 152 cm³/mol. The Labute approximate surface area is 258 Å². The number of esters is 4. The van der Waals surface area contributed by atoms with E-state index >= 15 is 0 Å². The highest BCUT2D eigenvalue weighted by Gasteiger charge is 2.52. The lowest BCUT2D eigenvalue weighted by Crippen LogP contribution is -2.59. The van der Waals surface area contributed by atoms with Crippen LogP contribution < -0.4 is 4.74 Å². The third kappa shape index (κ3) is 8.34. The van der Waals surface area contributed by atoms with Crippen LogP contribution >= 0.6 is 11.6 Å². The van der Waals surface area contributed by atoms with Gasteiger partial charge in [-0.3, -0.25) is 24.0 Å². The third-order valence-corrected chi connectivity index (χ3v) is 7.19. The number of benzene rings is 2. The number of halogens is 1. The highest BCUT2D eigenvalue weighted by molar-refractivity contribution is 6.35. The van der Waals surface area contributed by atoms with Crippen LogP contribution in [-0.2, 0) is 47.6 Å². The van der Waals surface area contributed by atoms with E-state index in [9.17, 15) is 24.0 Å². The Hall–Kier alpha value is -4.00. The van der Waals surface area contributed by atoms with Crippen molar-refractivity contribution in [2.45, 2.75) is 70.7 Å². The van der Waals surface area contributed by atoms with Gasteiger partial charge in [0.15, 0.2) is 24.1 Å². The Morgan fingerprint density at radius 2 is 1.45 bits per heavy atom. The molecule has 2 aliphatic heterocycles. The number of ketones is 1. The molecule has 2 aromatic carbocycles. The van der Waals surface area contributed by atoms with Gasteiger partial charge in [0, 0.05) is 45.2 Å². The predicted octanol–water partition coefficient (Wildman–Crippen LogP) is 3.54. The van der Waals surface area contributed by atoms with E-state index in [4.69, 9.17) is 44.8 Å². The van der Waals surface area contributed by atoms with Crippen LogP contribution in [0.2, 0.25) is 5.02 Å². The molecule has 0 bridgehead atoms. The molecule has 44 heavy (non-hydrogen) atoms. The highest BCUT2D eigenvalue weighted by Crippen LogP contribution is 2.39. The number of rotatable bonds is 10. The summed E-state index contributed by atoms with van der Waals surface area (Å²) in [5.74, 6) is -2.68. The smallest absolute Gasteiger partial charge is 0.303 e. The first-order chi connectivity index (χ1) is 20.9. The number of ether oxygens (including phenoxy) is 7. The number of carbonyl (C=O) groups is 5. The molecule has 2 heterocycles. The molecule has 0 unspecified atom stereocenters. The van der Waals surface area contributed by atoms with Crippen LogP contribution in [0.5, 0.6) is 5.75 Å². The fourth-order valence-corrected chi connectivity index (χ4v) is 5.23. The van der Waals surface area contributed by atoms with E-state index in [0.29, 0.717) is 30.1 Å². The Balaban J connectivity index is 1.69. The van der Waals surface area contributed by atoms with Crippen LogP contribution in [0.15, 0.2) is 42.5 Å². The minimum atomic E-state index is -1.35. The minimum absolute atomic E-state index is 0.0516. The highest BCUT2D eigenvalue weighted by atomic mass is 35.5. The lowest BCUT2D eigenvalue weighted by molar-refractivity contribution is -0.254. The average Bonchev–Trinajstić information content (AvgIpc) is 3.47. The van der Waals surface area contributed by atoms with Crippen LogP contribution in [0.1, 0.15) is 61.7 Å². The topological polar surface area (TPSA) is 150 Å². The molecular weight excluding hydrogens is 600 g/mol. The zero-order chi connectivity index (χ0) is 32.0. The van der Waals surface area contributed by atoms with E-state index in [1.165, 1.54) is 19.1 Å². The summed E-state index contributed by atoms with van der Waals surface area (Å²) in [6, 6.07) is 11.1. The zero-order valence-corrected chi connectivity index (χ0v) is 25.4. The summed E-state index contributed by atoms with van der Waals surface area (Å²) in [6.07, 6.45) is -5.56. The van der Waals surface area contributed by atoms with Crippen LogP contribution in [0.3, 0.4) is 0 Å². The summed E-state index contributed by atoms with van der Waals surface area (Å²) in [5.41, 5.74) is 0.784. The second kappa shape index (κ2) is 14.7. The summed E-state index contributed by atoms with van der Waals surface area (Å²) in [7, 11) is 0. The molecule has 0 spiro atoms. The second-order valence-electron chi connectivity index (χ2n) is 10.3. The van der Waals surface area contributed by atoms with Gasteiger partial charge in [0.2, 0.25) is 0 Å². The molecule has 2 aliphatic rings. The first-order valence-electron chi connectivity index (χ1n) is 13.9. The molecule has 2 aromatic rings. The summed E-state index contributed by atoms with van der Waals surface area (Å²) in [6.45, 7) is 5.37. The van der Waals surface area contributed by atoms with E-state index in [0.717, 1.165) is 27.2 Å². The van der Waals surface area contributed by atoms with Gasteiger partial charge in [0.1, 0.15) is 30.7 Å². The lowest BCUT2D eigenvalue weighted by atomic mass is 9.89. The van der Waals surface area contributed by atoms with Crippen LogP contribution in [-0.4, -0.2) is 80.0 Å². The van der Waals surface area contributed by atoms with Gasteiger partial charge in [-0.1, -0.05) is 17.7 Å². The number of hydrogen-bond donors (Lipinski definition) is 0. The normalized spacial score (nSPS) is 24.6. The van der Waals surface area contributed by atoms with Gasteiger partial charge >= 0.3 is 23.9 Å². The van der Waals surface area contributed by atoms with Gasteiger partial charge in [-0.2, -0.15) is 0 Å². The van der Waals surface area contributed by atoms with Gasteiger partial charge in [-0.15, -0.1) is 0 Å². The fourth-order valence-electron chi connectivity index (χ4n) is 5.03. The molecular formula is C31H33ClO12. The lowest BCUT2D eigenvalue weighted by Gasteiger charge is -2.44. The summed E-state index contributed by atoms with van der Waals surface area (Å²) in [4.78, 5) is 61.6. The second-order valence-corrected chi connectivity index (χ2v) is 10.7. The van der Waals surface area contributed by atoms with Crippen molar-refractivity contribution in [3.63, 3.8) is 0 Å². The van der Waals surface area contributed by atoms with Gasteiger partial charge in [-0.25, -0.2) is 0 Å². The van der Waals surface area contributed by atoms with Gasteiger partial charge in [-0.05, 0) is 42.0 Å². The molecule has 2 saturated heterocycles. The van der Waals surface area contributed by atoms with Crippen molar-refractivity contribution in [1.29, 1.82) is 0 Å². The van der Waals surface area contributed by atoms with E-state index in [1.54, 1.807) is 30.3 Å². The Morgan fingerprint density at radius 1 is 0.818 bits per heavy atom. The Morgan fingerprint density at radius 3 is 2.05 bits per heavy atom. The molecule has 6 atom stereocenters.